The number of hydrogen-bond acceptors (Lipinski definition) is 2. The lowest BCUT2D eigenvalue weighted by molar-refractivity contribution is -0.119. The van der Waals surface area contributed by atoms with Crippen molar-refractivity contribution < 1.29 is 4.79 Å². The highest BCUT2D eigenvalue weighted by atomic mass is 16.1. The second kappa shape index (κ2) is 3.88. The zero-order valence-corrected chi connectivity index (χ0v) is 10.2. The molecule has 2 unspecified atom stereocenters. The maximum absolute atomic E-state index is 11.3. The average molecular weight is 233 g/mol. The van der Waals surface area contributed by atoms with Gasteiger partial charge in [0.05, 0.1) is 6.04 Å². The van der Waals surface area contributed by atoms with Crippen LogP contribution in [0.1, 0.15) is 48.3 Å². The Hall–Kier alpha value is -1.29. The van der Waals surface area contributed by atoms with Crippen LogP contribution in [0.15, 0.2) is 6.07 Å². The lowest BCUT2D eigenvalue weighted by Crippen LogP contribution is -2.21. The van der Waals surface area contributed by atoms with Crippen LogP contribution in [0, 0.1) is 6.92 Å². The number of nitrogens with two attached hydrogens (primary N) is 1. The van der Waals surface area contributed by atoms with E-state index in [1.165, 1.54) is 17.0 Å². The molecular formula is C13H19N3O. The molecule has 1 aliphatic heterocycles. The molecule has 2 aliphatic rings. The molecule has 1 aliphatic carbocycles. The highest BCUT2D eigenvalue weighted by molar-refractivity contribution is 5.78. The zero-order valence-electron chi connectivity index (χ0n) is 10.2. The molecule has 0 spiro atoms. The maximum atomic E-state index is 11.3. The zero-order chi connectivity index (χ0) is 12.0. The van der Waals surface area contributed by atoms with Crippen LogP contribution in [-0.2, 0) is 11.2 Å². The smallest absolute Gasteiger partial charge is 0.222 e. The monoisotopic (exact) mass is 233 g/mol. The van der Waals surface area contributed by atoms with Gasteiger partial charge in [-0.25, -0.2) is 0 Å². The molecule has 1 aromatic heterocycles. The van der Waals surface area contributed by atoms with Gasteiger partial charge in [-0.1, -0.05) is 0 Å². The summed E-state index contributed by atoms with van der Waals surface area (Å²) in [6, 6.07) is 2.68. The summed E-state index contributed by atoms with van der Waals surface area (Å²) in [7, 11) is 0. The quantitative estimate of drug-likeness (QED) is 0.765. The summed E-state index contributed by atoms with van der Waals surface area (Å²) >= 11 is 0. The summed E-state index contributed by atoms with van der Waals surface area (Å²) in [5.41, 5.74) is 10.1. The van der Waals surface area contributed by atoms with E-state index in [9.17, 15) is 4.79 Å². The number of aromatic nitrogens is 1. The lowest BCUT2D eigenvalue weighted by Gasteiger charge is -2.23. The minimum Gasteiger partial charge on any atom is -0.354 e. The predicted octanol–water partition coefficient (Wildman–Crippen LogP) is 1.19. The molecule has 1 fully saturated rings. The Morgan fingerprint density at radius 1 is 1.53 bits per heavy atom. The Balaban J connectivity index is 2.02. The van der Waals surface area contributed by atoms with E-state index >= 15 is 0 Å². The summed E-state index contributed by atoms with van der Waals surface area (Å²) in [5, 5.41) is 2.91. The molecule has 0 aromatic carbocycles. The van der Waals surface area contributed by atoms with Crippen molar-refractivity contribution in [3.8, 4) is 0 Å². The van der Waals surface area contributed by atoms with Gasteiger partial charge in [0.25, 0.3) is 0 Å². The number of nitrogens with zero attached hydrogens (tertiary/aromatic N) is 1. The standard InChI is InChI=1S/C13H19N3O/c1-8-5-10-11(14)3-2-4-12(10)16(8)9-6-13(17)15-7-9/h5,9,11H,2-4,6-7,14H2,1H3,(H,15,17). The fourth-order valence-electron chi connectivity index (χ4n) is 3.24. The number of amides is 1. The van der Waals surface area contributed by atoms with Gasteiger partial charge >= 0.3 is 0 Å². The van der Waals surface area contributed by atoms with E-state index in [2.05, 4.69) is 22.9 Å². The largest absolute Gasteiger partial charge is 0.354 e. The predicted molar refractivity (Wildman–Crippen MR) is 65.7 cm³/mol. The minimum atomic E-state index is 0.164. The van der Waals surface area contributed by atoms with Crippen LogP contribution >= 0.6 is 0 Å². The molecule has 1 aromatic rings. The number of aryl methyl sites for hydroxylation is 1. The molecule has 3 rings (SSSR count). The SMILES string of the molecule is Cc1cc2c(n1C1CNC(=O)C1)CCCC2N. The molecule has 92 valence electrons. The summed E-state index contributed by atoms with van der Waals surface area (Å²) in [4.78, 5) is 11.3. The average Bonchev–Trinajstić information content (AvgIpc) is 2.82. The molecule has 0 radical (unpaired) electrons. The normalized spacial score (nSPS) is 28.0. The molecular weight excluding hydrogens is 214 g/mol. The number of rotatable bonds is 1. The Labute approximate surface area is 101 Å². The molecule has 2 atom stereocenters. The Kier molecular flexibility index (Phi) is 2.47. The maximum Gasteiger partial charge on any atom is 0.222 e. The summed E-state index contributed by atoms with van der Waals surface area (Å²) in [5.74, 6) is 0.164. The number of nitrogens with one attached hydrogen (secondary N) is 1. The van der Waals surface area contributed by atoms with E-state index in [0.717, 1.165) is 25.8 Å². The van der Waals surface area contributed by atoms with Crippen LogP contribution in [0.2, 0.25) is 0 Å². The molecule has 0 saturated carbocycles. The van der Waals surface area contributed by atoms with Crippen LogP contribution in [0.4, 0.5) is 0 Å². The van der Waals surface area contributed by atoms with Gasteiger partial charge < -0.3 is 15.6 Å². The van der Waals surface area contributed by atoms with Gasteiger partial charge in [-0.05, 0) is 37.8 Å². The van der Waals surface area contributed by atoms with E-state index in [1.807, 2.05) is 0 Å². The van der Waals surface area contributed by atoms with Crippen molar-refractivity contribution in [1.29, 1.82) is 0 Å². The van der Waals surface area contributed by atoms with Crippen molar-refractivity contribution >= 4 is 5.91 Å². The molecule has 2 heterocycles. The Bertz CT molecular complexity index is 463. The van der Waals surface area contributed by atoms with Gasteiger partial charge in [-0.2, -0.15) is 0 Å². The second-order valence-electron chi connectivity index (χ2n) is 5.22. The number of hydrogen-bond donors (Lipinski definition) is 2. The molecule has 1 saturated heterocycles. The van der Waals surface area contributed by atoms with E-state index in [-0.39, 0.29) is 18.0 Å². The van der Waals surface area contributed by atoms with E-state index in [4.69, 9.17) is 5.73 Å². The number of carbonyl (C=O) groups is 1. The van der Waals surface area contributed by atoms with Crippen LogP contribution < -0.4 is 11.1 Å². The molecule has 4 nitrogen and oxygen atoms in total. The van der Waals surface area contributed by atoms with Gasteiger partial charge in [0.15, 0.2) is 0 Å². The third kappa shape index (κ3) is 1.67. The Morgan fingerprint density at radius 2 is 2.35 bits per heavy atom. The van der Waals surface area contributed by atoms with Gasteiger partial charge in [-0.3, -0.25) is 4.79 Å². The highest BCUT2D eigenvalue weighted by Crippen LogP contribution is 2.34. The van der Waals surface area contributed by atoms with Crippen molar-refractivity contribution in [2.75, 3.05) is 6.54 Å². The van der Waals surface area contributed by atoms with E-state index in [1.54, 1.807) is 0 Å². The summed E-state index contributed by atoms with van der Waals surface area (Å²) in [6.07, 6.45) is 3.95. The van der Waals surface area contributed by atoms with Crippen LogP contribution in [0.3, 0.4) is 0 Å². The first-order valence-corrected chi connectivity index (χ1v) is 6.39. The first-order chi connectivity index (χ1) is 8.16. The third-order valence-electron chi connectivity index (χ3n) is 4.02. The molecule has 17 heavy (non-hydrogen) atoms. The van der Waals surface area contributed by atoms with E-state index < -0.39 is 0 Å². The van der Waals surface area contributed by atoms with Crippen molar-refractivity contribution in [1.82, 2.24) is 9.88 Å². The summed E-state index contributed by atoms with van der Waals surface area (Å²) in [6.45, 7) is 2.88. The highest BCUT2D eigenvalue weighted by Gasteiger charge is 2.29. The van der Waals surface area contributed by atoms with Crippen LogP contribution in [0.5, 0.6) is 0 Å². The van der Waals surface area contributed by atoms with Crippen LogP contribution in [-0.4, -0.2) is 17.0 Å². The van der Waals surface area contributed by atoms with Gasteiger partial charge in [0.1, 0.15) is 0 Å². The number of fused-ring (bicyclic) bond motifs is 1. The van der Waals surface area contributed by atoms with Gasteiger partial charge in [-0.15, -0.1) is 0 Å². The molecule has 4 heteroatoms. The molecule has 0 bridgehead atoms. The number of carbonyl (C=O) groups excluding carboxylic acids is 1. The van der Waals surface area contributed by atoms with Crippen molar-refractivity contribution in [2.45, 2.75) is 44.7 Å². The second-order valence-corrected chi connectivity index (χ2v) is 5.22. The minimum absolute atomic E-state index is 0.164. The fraction of sp³-hybridized carbons (Fsp3) is 0.615. The van der Waals surface area contributed by atoms with Gasteiger partial charge in [0, 0.05) is 30.4 Å². The topological polar surface area (TPSA) is 60.0 Å². The van der Waals surface area contributed by atoms with Crippen LogP contribution in [0.25, 0.3) is 0 Å². The first kappa shape index (κ1) is 10.8. The van der Waals surface area contributed by atoms with Crippen molar-refractivity contribution in [3.63, 3.8) is 0 Å². The first-order valence-electron chi connectivity index (χ1n) is 6.39. The Morgan fingerprint density at radius 3 is 3.06 bits per heavy atom. The summed E-state index contributed by atoms with van der Waals surface area (Å²) < 4.78 is 2.34. The van der Waals surface area contributed by atoms with Gasteiger partial charge in [0.2, 0.25) is 5.91 Å². The third-order valence-corrected chi connectivity index (χ3v) is 4.02. The molecule has 1 amide bonds. The lowest BCUT2D eigenvalue weighted by atomic mass is 9.93. The van der Waals surface area contributed by atoms with Crippen molar-refractivity contribution in [3.05, 3.63) is 23.0 Å². The van der Waals surface area contributed by atoms with Crippen molar-refractivity contribution in [2.24, 2.45) is 5.73 Å². The van der Waals surface area contributed by atoms with E-state index in [0.29, 0.717) is 6.42 Å². The molecule has 3 N–H and O–H groups in total. The fourth-order valence-corrected chi connectivity index (χ4v) is 3.24.